The van der Waals surface area contributed by atoms with Crippen molar-refractivity contribution < 1.29 is 4.92 Å². The maximum absolute atomic E-state index is 10.8. The summed E-state index contributed by atoms with van der Waals surface area (Å²) in [5, 5.41) is 14.9. The van der Waals surface area contributed by atoms with E-state index in [0.29, 0.717) is 22.5 Å². The first-order valence-electron chi connectivity index (χ1n) is 5.25. The monoisotopic (exact) mass is 274 g/mol. The van der Waals surface area contributed by atoms with E-state index in [0.717, 1.165) is 6.42 Å². The van der Waals surface area contributed by atoms with Gasteiger partial charge in [-0.2, -0.15) is 11.8 Å². The molecule has 0 aliphatic carbocycles. The van der Waals surface area contributed by atoms with Gasteiger partial charge >= 0.3 is 0 Å². The molecular formula is C11H15ClN2O2S. The van der Waals surface area contributed by atoms with Gasteiger partial charge < -0.3 is 5.32 Å². The van der Waals surface area contributed by atoms with Crippen molar-refractivity contribution in [3.63, 3.8) is 0 Å². The van der Waals surface area contributed by atoms with Gasteiger partial charge in [-0.15, -0.1) is 0 Å². The van der Waals surface area contributed by atoms with Crippen LogP contribution in [0.3, 0.4) is 0 Å². The number of hydrogen-bond donors (Lipinski definition) is 1. The molecule has 0 amide bonds. The molecule has 1 aromatic rings. The van der Waals surface area contributed by atoms with E-state index >= 15 is 0 Å². The van der Waals surface area contributed by atoms with E-state index in [1.807, 2.05) is 6.26 Å². The zero-order valence-electron chi connectivity index (χ0n) is 9.77. The van der Waals surface area contributed by atoms with Gasteiger partial charge in [-0.1, -0.05) is 18.5 Å². The maximum atomic E-state index is 10.8. The lowest BCUT2D eigenvalue weighted by molar-refractivity contribution is -0.384. The van der Waals surface area contributed by atoms with Crippen LogP contribution in [-0.4, -0.2) is 23.0 Å². The van der Waals surface area contributed by atoms with E-state index in [4.69, 9.17) is 11.6 Å². The molecule has 6 heteroatoms. The van der Waals surface area contributed by atoms with Crippen LogP contribution in [0.4, 0.5) is 11.4 Å². The highest BCUT2D eigenvalue weighted by Crippen LogP contribution is 2.27. The Morgan fingerprint density at radius 1 is 1.59 bits per heavy atom. The minimum absolute atomic E-state index is 0.0613. The number of nitrogens with zero attached hydrogens (tertiary/aromatic N) is 1. The molecule has 0 spiro atoms. The molecular weight excluding hydrogens is 260 g/mol. The lowest BCUT2D eigenvalue weighted by Gasteiger charge is -2.10. The fourth-order valence-electron chi connectivity index (χ4n) is 1.34. The maximum Gasteiger partial charge on any atom is 0.292 e. The normalized spacial score (nSPS) is 12.2. The van der Waals surface area contributed by atoms with E-state index < -0.39 is 4.92 Å². The fraction of sp³-hybridized carbons (Fsp3) is 0.455. The fourth-order valence-corrected chi connectivity index (χ4v) is 1.86. The number of nitro benzene ring substituents is 1. The Morgan fingerprint density at radius 2 is 2.29 bits per heavy atom. The standard InChI is InChI=1S/C11H15ClN2O2S/c1-8(17-2)5-6-13-10-7-9(12)3-4-11(10)14(15)16/h3-4,7-8,13H,5-6H2,1-2H3. The first-order valence-corrected chi connectivity index (χ1v) is 6.91. The number of benzene rings is 1. The Labute approximate surface area is 110 Å². The van der Waals surface area contributed by atoms with Crippen LogP contribution in [0.15, 0.2) is 18.2 Å². The number of nitro groups is 1. The molecule has 0 saturated carbocycles. The molecule has 0 fully saturated rings. The van der Waals surface area contributed by atoms with Gasteiger partial charge in [0.25, 0.3) is 5.69 Å². The first kappa shape index (κ1) is 14.1. The van der Waals surface area contributed by atoms with Crippen LogP contribution < -0.4 is 5.32 Å². The molecule has 1 atom stereocenters. The molecule has 4 nitrogen and oxygen atoms in total. The third-order valence-electron chi connectivity index (χ3n) is 2.42. The van der Waals surface area contributed by atoms with Gasteiger partial charge in [0.15, 0.2) is 0 Å². The van der Waals surface area contributed by atoms with Crippen LogP contribution in [0.25, 0.3) is 0 Å². The van der Waals surface area contributed by atoms with Crippen LogP contribution in [0, 0.1) is 10.1 Å². The molecule has 1 unspecified atom stereocenters. The summed E-state index contributed by atoms with van der Waals surface area (Å²) in [7, 11) is 0. The highest BCUT2D eigenvalue weighted by molar-refractivity contribution is 7.99. The van der Waals surface area contributed by atoms with Gasteiger partial charge in [0, 0.05) is 22.9 Å². The molecule has 0 radical (unpaired) electrons. The Balaban J connectivity index is 2.68. The van der Waals surface area contributed by atoms with Gasteiger partial charge in [-0.3, -0.25) is 10.1 Å². The Hall–Kier alpha value is -0.940. The largest absolute Gasteiger partial charge is 0.379 e. The van der Waals surface area contributed by atoms with Crippen LogP contribution in [0.1, 0.15) is 13.3 Å². The number of hydrogen-bond acceptors (Lipinski definition) is 4. The number of thioether (sulfide) groups is 1. The van der Waals surface area contributed by atoms with Gasteiger partial charge in [-0.25, -0.2) is 0 Å². The molecule has 94 valence electrons. The number of rotatable bonds is 6. The van der Waals surface area contributed by atoms with E-state index in [1.54, 1.807) is 17.8 Å². The summed E-state index contributed by atoms with van der Waals surface area (Å²) in [6.45, 7) is 2.82. The summed E-state index contributed by atoms with van der Waals surface area (Å²) in [6.07, 6.45) is 3.00. The van der Waals surface area contributed by atoms with Crippen LogP contribution in [-0.2, 0) is 0 Å². The predicted octanol–water partition coefficient (Wildman–Crippen LogP) is 3.80. The first-order chi connectivity index (χ1) is 8.04. The molecule has 17 heavy (non-hydrogen) atoms. The molecule has 0 aromatic heterocycles. The smallest absolute Gasteiger partial charge is 0.292 e. The summed E-state index contributed by atoms with van der Waals surface area (Å²) >= 11 is 7.60. The Morgan fingerprint density at radius 3 is 2.88 bits per heavy atom. The van der Waals surface area contributed by atoms with E-state index in [2.05, 4.69) is 12.2 Å². The van der Waals surface area contributed by atoms with Crippen molar-refractivity contribution in [3.05, 3.63) is 33.3 Å². The molecule has 0 aliphatic rings. The summed E-state index contributed by atoms with van der Waals surface area (Å²) < 4.78 is 0. The van der Waals surface area contributed by atoms with Crippen molar-refractivity contribution in [3.8, 4) is 0 Å². The van der Waals surface area contributed by atoms with Gasteiger partial charge in [-0.05, 0) is 24.8 Å². The van der Waals surface area contributed by atoms with Gasteiger partial charge in [0.1, 0.15) is 5.69 Å². The van der Waals surface area contributed by atoms with Gasteiger partial charge in [0.05, 0.1) is 4.92 Å². The summed E-state index contributed by atoms with van der Waals surface area (Å²) in [6, 6.07) is 4.53. The van der Waals surface area contributed by atoms with Crippen molar-refractivity contribution >= 4 is 34.7 Å². The van der Waals surface area contributed by atoms with Crippen molar-refractivity contribution in [2.45, 2.75) is 18.6 Å². The number of halogens is 1. The molecule has 1 N–H and O–H groups in total. The summed E-state index contributed by atoms with van der Waals surface area (Å²) in [5.74, 6) is 0. The van der Waals surface area contributed by atoms with Crippen molar-refractivity contribution in [1.29, 1.82) is 0 Å². The van der Waals surface area contributed by atoms with Crippen LogP contribution >= 0.6 is 23.4 Å². The van der Waals surface area contributed by atoms with Crippen molar-refractivity contribution in [2.24, 2.45) is 0 Å². The molecule has 1 rings (SSSR count). The van der Waals surface area contributed by atoms with E-state index in [9.17, 15) is 10.1 Å². The predicted molar refractivity (Wildman–Crippen MR) is 74.2 cm³/mol. The lowest BCUT2D eigenvalue weighted by atomic mass is 10.2. The lowest BCUT2D eigenvalue weighted by Crippen LogP contribution is -2.09. The number of anilines is 1. The minimum atomic E-state index is -0.406. The van der Waals surface area contributed by atoms with Crippen LogP contribution in [0.2, 0.25) is 5.02 Å². The van der Waals surface area contributed by atoms with Crippen LogP contribution in [0.5, 0.6) is 0 Å². The molecule has 0 heterocycles. The quantitative estimate of drug-likeness (QED) is 0.633. The third-order valence-corrected chi connectivity index (χ3v) is 3.70. The molecule has 0 aliphatic heterocycles. The third kappa shape index (κ3) is 4.44. The minimum Gasteiger partial charge on any atom is -0.379 e. The topological polar surface area (TPSA) is 55.2 Å². The molecule has 0 bridgehead atoms. The number of nitrogens with one attached hydrogen (secondary N) is 1. The molecule has 1 aromatic carbocycles. The summed E-state index contributed by atoms with van der Waals surface area (Å²) in [4.78, 5) is 10.4. The SMILES string of the molecule is CSC(C)CCNc1cc(Cl)ccc1[N+](=O)[O-]. The highest BCUT2D eigenvalue weighted by Gasteiger charge is 2.13. The second-order valence-corrected chi connectivity index (χ2v) is 5.39. The van der Waals surface area contributed by atoms with Crippen molar-refractivity contribution in [2.75, 3.05) is 18.1 Å². The second-order valence-electron chi connectivity index (χ2n) is 3.68. The second kappa shape index (κ2) is 6.71. The average Bonchev–Trinajstić information content (AvgIpc) is 2.28. The zero-order valence-corrected chi connectivity index (χ0v) is 11.3. The van der Waals surface area contributed by atoms with E-state index in [-0.39, 0.29) is 5.69 Å². The average molecular weight is 275 g/mol. The zero-order chi connectivity index (χ0) is 12.8. The highest BCUT2D eigenvalue weighted by atomic mass is 35.5. The van der Waals surface area contributed by atoms with E-state index in [1.165, 1.54) is 12.1 Å². The van der Waals surface area contributed by atoms with Gasteiger partial charge in [0.2, 0.25) is 0 Å². The molecule has 0 saturated heterocycles. The Bertz CT molecular complexity index is 401. The summed E-state index contributed by atoms with van der Waals surface area (Å²) in [5.41, 5.74) is 0.544. The Kier molecular flexibility index (Phi) is 5.58. The van der Waals surface area contributed by atoms with Crippen molar-refractivity contribution in [1.82, 2.24) is 0 Å².